The fourth-order valence-corrected chi connectivity index (χ4v) is 2.68. The van der Waals surface area contributed by atoms with Crippen molar-refractivity contribution in [2.45, 2.75) is 136 Å². The van der Waals surface area contributed by atoms with Gasteiger partial charge in [-0.1, -0.05) is 0 Å². The van der Waals surface area contributed by atoms with E-state index >= 15 is 0 Å². The van der Waals surface area contributed by atoms with Gasteiger partial charge in [-0.25, -0.2) is 0 Å². The van der Waals surface area contributed by atoms with E-state index in [0.29, 0.717) is 0 Å². The van der Waals surface area contributed by atoms with Crippen LogP contribution >= 0.6 is 0 Å². The van der Waals surface area contributed by atoms with Crippen LogP contribution in [0.4, 0.5) is 92.2 Å². The Morgan fingerprint density at radius 1 is 0.276 bits per heavy atom. The molecule has 0 unspecified atom stereocenters. The first-order valence-corrected chi connectivity index (χ1v) is 14.9. The first kappa shape index (κ1) is 62.4. The molecule has 0 aliphatic heterocycles. The van der Waals surface area contributed by atoms with E-state index < -0.39 is 124 Å². The van der Waals surface area contributed by atoms with Gasteiger partial charge in [0.25, 0.3) is 0 Å². The number of alkyl halides is 21. The number of halogens is 21. The van der Waals surface area contributed by atoms with E-state index in [1.807, 2.05) is 0 Å². The fraction of sp³-hybridized carbons (Fsp3) is 0.800. The van der Waals surface area contributed by atoms with Crippen molar-refractivity contribution >= 4 is 34.7 Å². The first-order valence-electron chi connectivity index (χ1n) is 14.9. The number of hydrogen-bond acceptors (Lipinski definition) is 0. The third kappa shape index (κ3) is 15.0. The molecule has 0 aliphatic carbocycles. The topological polar surface area (TPSA) is 128 Å². The summed E-state index contributed by atoms with van der Waals surface area (Å²) in [7, 11) is 0. The molecule has 0 spiro atoms. The van der Waals surface area contributed by atoms with Crippen molar-refractivity contribution in [2.24, 2.45) is 16.2 Å². The van der Waals surface area contributed by atoms with Crippen LogP contribution in [0.5, 0.6) is 0 Å². The second-order valence-electron chi connectivity index (χ2n) is 14.9. The van der Waals surface area contributed by atoms with Crippen LogP contribution in [0.15, 0.2) is 0 Å². The van der Waals surface area contributed by atoms with Crippen LogP contribution in [0.2, 0.25) is 0 Å². The van der Waals surface area contributed by atoms with Crippen LogP contribution in [0.3, 0.4) is 0 Å². The normalized spacial score (nSPS) is 14.2. The molecule has 6 nitrogen and oxygen atoms in total. The minimum atomic E-state index is -6.53. The molecule has 0 heterocycles. The molecule has 0 fully saturated rings. The van der Waals surface area contributed by atoms with Gasteiger partial charge in [0.1, 0.15) is 0 Å². The maximum absolute atomic E-state index is 13.0. The van der Waals surface area contributed by atoms with Crippen molar-refractivity contribution in [1.29, 1.82) is 0 Å². The maximum Gasteiger partial charge on any atom is 0.460 e. The van der Waals surface area contributed by atoms with Gasteiger partial charge < -0.3 is 0 Å². The van der Waals surface area contributed by atoms with Crippen LogP contribution in [0.1, 0.15) is 81.6 Å². The average Bonchev–Trinajstić information content (AvgIpc) is 2.93. The largest absolute Gasteiger partial charge is 0.460 e. The van der Waals surface area contributed by atoms with E-state index in [2.05, 4.69) is 0 Å². The van der Waals surface area contributed by atoms with Gasteiger partial charge in [-0.15, -0.1) is 0 Å². The quantitative estimate of drug-likeness (QED) is 0.105. The number of ketones is 6. The summed E-state index contributed by atoms with van der Waals surface area (Å²) in [6.45, 7) is 11.7. The van der Waals surface area contributed by atoms with E-state index in [1.165, 1.54) is 62.3 Å². The average molecular weight is 1030 g/mol. The summed E-state index contributed by atoms with van der Waals surface area (Å²) >= 11 is 0. The Bertz CT molecular complexity index is 1310. The summed E-state index contributed by atoms with van der Waals surface area (Å²) in [5.74, 6) is -46.6. The van der Waals surface area contributed by atoms with Crippen molar-refractivity contribution in [3.8, 4) is 0 Å². The molecule has 0 saturated heterocycles. The Hall–Kier alpha value is -2.26. The third-order valence-corrected chi connectivity index (χ3v) is 6.94. The summed E-state index contributed by atoms with van der Waals surface area (Å²) < 4.78 is 260. The van der Waals surface area contributed by atoms with Gasteiger partial charge in [-0.05, 0) is 62.3 Å². The molecule has 28 heteroatoms. The zero-order chi connectivity index (χ0) is 47.6. The van der Waals surface area contributed by atoms with Gasteiger partial charge in [-0.2, -0.15) is 92.2 Å². The van der Waals surface area contributed by atoms with Gasteiger partial charge in [-0.3, -0.25) is 28.8 Å². The van der Waals surface area contributed by atoms with E-state index in [-0.39, 0.29) is 35.6 Å². The minimum absolute atomic E-state index is 0. The molecule has 0 amide bonds. The molecule has 0 aromatic heterocycles. The molecule has 0 aromatic rings. The zero-order valence-corrected chi connectivity index (χ0v) is 34.9. The van der Waals surface area contributed by atoms with Crippen molar-refractivity contribution in [3.05, 3.63) is 0 Å². The first-order chi connectivity index (χ1) is 24.1. The molecule has 0 aromatic carbocycles. The molecular weight excluding hydrogens is 994 g/mol. The summed E-state index contributed by atoms with van der Waals surface area (Å²) in [6.07, 6.45) is -24.0. The van der Waals surface area contributed by atoms with Gasteiger partial charge in [0, 0.05) is 35.6 Å². The van der Waals surface area contributed by atoms with Crippen molar-refractivity contribution in [1.82, 2.24) is 0 Å². The molecule has 1 radical (unpaired) electrons. The second kappa shape index (κ2) is 19.2. The molecule has 339 valence electrons. The fourth-order valence-electron chi connectivity index (χ4n) is 2.68. The molecular formula is C30H39F21LaO6+6. The van der Waals surface area contributed by atoms with E-state index in [9.17, 15) is 107 Å². The van der Waals surface area contributed by atoms with Crippen molar-refractivity contribution in [2.75, 3.05) is 0 Å². The second-order valence-corrected chi connectivity index (χ2v) is 14.9. The van der Waals surface area contributed by atoms with E-state index in [1.54, 1.807) is 0 Å². The summed E-state index contributed by atoms with van der Waals surface area (Å²) in [4.78, 5) is 54.2. The Morgan fingerprint density at radius 2 is 0.397 bits per heavy atom. The Labute approximate surface area is 342 Å². The summed E-state index contributed by atoms with van der Waals surface area (Å²) in [5.41, 5.74) is -3.47. The molecule has 0 rings (SSSR count). The Balaban J connectivity index is -0.000000374. The SMILES string of the molecule is CC(C)(C)C(=[OH+])CC(=[OH+])C(F)(F)C(F)(F)C(F)(F)F.CC(C)(C)C(=[OH+])CC(=[OH+])C(F)(F)C(F)(F)C(F)(F)F.CC(C)(C)C(=[OH+])CC(=[OH+])C(F)(F)C(F)(F)C(F)(F)F.[La]. The van der Waals surface area contributed by atoms with Gasteiger partial charge in [0.2, 0.25) is 0 Å². The van der Waals surface area contributed by atoms with Crippen LogP contribution in [0, 0.1) is 51.8 Å². The molecule has 0 aliphatic rings. The Kier molecular flexibility index (Phi) is 20.7. The van der Waals surface area contributed by atoms with E-state index in [4.69, 9.17) is 14.4 Å². The standard InChI is InChI=1S/3C10H11F7O2.La/c3*1-7(2,3)5(18)4-6(19)8(11,12)9(13,14)10(15,16)17;/h3*4H2,1-3H3;/p+6. The summed E-state index contributed by atoms with van der Waals surface area (Å²) in [6, 6.07) is 0. The monoisotopic (exact) mass is 1030 g/mol. The number of carbonyl (C=O) groups excluding carboxylic acids is 6. The molecule has 0 bridgehead atoms. The third-order valence-electron chi connectivity index (χ3n) is 6.94. The van der Waals surface area contributed by atoms with Gasteiger partial charge in [0.05, 0.1) is 16.2 Å². The predicted octanol–water partition coefficient (Wildman–Crippen LogP) is 10.0. The molecule has 6 N–H and O–H groups in total. The molecule has 0 atom stereocenters. The van der Waals surface area contributed by atoms with Crippen LogP contribution in [-0.2, 0) is 0 Å². The summed E-state index contributed by atoms with van der Waals surface area (Å²) in [5, 5.41) is 0. The number of rotatable bonds is 12. The smallest absolute Gasteiger partial charge is 0.282 e. The number of hydrogen-bond donors (Lipinski definition) is 0. The van der Waals surface area contributed by atoms with E-state index in [0.717, 1.165) is 0 Å². The molecule has 58 heavy (non-hydrogen) atoms. The van der Waals surface area contributed by atoms with Crippen LogP contribution in [0.25, 0.3) is 0 Å². The van der Waals surface area contributed by atoms with Crippen molar-refractivity contribution in [3.63, 3.8) is 0 Å². The zero-order valence-electron chi connectivity index (χ0n) is 31.3. The van der Waals surface area contributed by atoms with Crippen LogP contribution in [-0.4, -0.2) is 118 Å². The van der Waals surface area contributed by atoms with Gasteiger partial charge >= 0.3 is 88.8 Å². The Morgan fingerprint density at radius 3 is 0.483 bits per heavy atom. The molecule has 0 saturated carbocycles. The maximum atomic E-state index is 13.0. The van der Waals surface area contributed by atoms with Crippen LogP contribution < -0.4 is 0 Å². The predicted molar refractivity (Wildman–Crippen MR) is 162 cm³/mol. The van der Waals surface area contributed by atoms with Gasteiger partial charge in [0.15, 0.2) is 19.3 Å². The van der Waals surface area contributed by atoms with Crippen molar-refractivity contribution < 1.29 is 157 Å². The minimum Gasteiger partial charge on any atom is -0.282 e.